The maximum Gasteiger partial charge on any atom is 0.243 e. The Morgan fingerprint density at radius 3 is 2.46 bits per heavy atom. The molecule has 0 radical (unpaired) electrons. The molecule has 0 spiro atoms. The number of hydrogen-bond acceptors (Lipinski definition) is 5. The number of aliphatic hydroxyl groups excluding tert-OH is 1. The maximum absolute atomic E-state index is 13.0. The third-order valence-corrected chi connectivity index (χ3v) is 6.61. The molecule has 1 N–H and O–H groups in total. The SMILES string of the molecule is Cc1cccc(N2CCN(S(=O)(=O)c3cccc(/C=C/C(=O)CO)c3)CC2)c1. The third kappa shape index (κ3) is 4.67. The number of aryl methyl sites for hydroxylation is 1. The molecule has 0 unspecified atom stereocenters. The normalized spacial score (nSPS) is 15.9. The van der Waals surface area contributed by atoms with E-state index < -0.39 is 22.4 Å². The summed E-state index contributed by atoms with van der Waals surface area (Å²) < 4.78 is 27.5. The zero-order valence-electron chi connectivity index (χ0n) is 15.8. The molecule has 2 aromatic rings. The van der Waals surface area contributed by atoms with Gasteiger partial charge in [0.15, 0.2) is 5.78 Å². The number of ketones is 1. The molecule has 3 rings (SSSR count). The quantitative estimate of drug-likeness (QED) is 0.751. The van der Waals surface area contributed by atoms with Crippen molar-refractivity contribution in [2.45, 2.75) is 11.8 Å². The van der Waals surface area contributed by atoms with Gasteiger partial charge in [0.05, 0.1) is 4.90 Å². The van der Waals surface area contributed by atoms with E-state index in [1.54, 1.807) is 24.3 Å². The number of nitrogens with zero attached hydrogens (tertiary/aromatic N) is 2. The molecule has 1 aliphatic rings. The van der Waals surface area contributed by atoms with Crippen molar-refractivity contribution in [3.63, 3.8) is 0 Å². The summed E-state index contributed by atoms with van der Waals surface area (Å²) in [4.78, 5) is 13.6. The van der Waals surface area contributed by atoms with Crippen LogP contribution in [-0.4, -0.2) is 56.4 Å². The zero-order chi connectivity index (χ0) is 20.1. The summed E-state index contributed by atoms with van der Waals surface area (Å²) in [6.07, 6.45) is 2.75. The average molecular weight is 401 g/mol. The number of carbonyl (C=O) groups excluding carboxylic acids is 1. The van der Waals surface area contributed by atoms with Gasteiger partial charge in [-0.25, -0.2) is 8.42 Å². The molecule has 1 fully saturated rings. The summed E-state index contributed by atoms with van der Waals surface area (Å²) in [7, 11) is -3.60. The molecule has 1 saturated heterocycles. The molecule has 0 aromatic heterocycles. The monoisotopic (exact) mass is 400 g/mol. The van der Waals surface area contributed by atoms with Crippen molar-refractivity contribution in [2.24, 2.45) is 0 Å². The first-order valence-corrected chi connectivity index (χ1v) is 10.6. The first kappa shape index (κ1) is 20.3. The van der Waals surface area contributed by atoms with Crippen molar-refractivity contribution in [3.8, 4) is 0 Å². The van der Waals surface area contributed by atoms with Crippen molar-refractivity contribution < 1.29 is 18.3 Å². The Kier molecular flexibility index (Phi) is 6.28. The highest BCUT2D eigenvalue weighted by atomic mass is 32.2. The van der Waals surface area contributed by atoms with Crippen LogP contribution >= 0.6 is 0 Å². The Morgan fingerprint density at radius 1 is 1.07 bits per heavy atom. The second-order valence-corrected chi connectivity index (χ2v) is 8.70. The Labute approximate surface area is 165 Å². The first-order chi connectivity index (χ1) is 13.4. The zero-order valence-corrected chi connectivity index (χ0v) is 16.6. The van der Waals surface area contributed by atoms with Crippen LogP contribution < -0.4 is 4.90 Å². The number of aliphatic hydroxyl groups is 1. The van der Waals surface area contributed by atoms with Crippen molar-refractivity contribution in [2.75, 3.05) is 37.7 Å². The highest BCUT2D eigenvalue weighted by molar-refractivity contribution is 7.89. The molecule has 0 aliphatic carbocycles. The van der Waals surface area contributed by atoms with Crippen LogP contribution in [0.25, 0.3) is 6.08 Å². The van der Waals surface area contributed by atoms with Gasteiger partial charge in [-0.05, 0) is 48.4 Å². The molecule has 0 bridgehead atoms. The summed E-state index contributed by atoms with van der Waals surface area (Å²) in [5, 5.41) is 8.78. The Bertz CT molecular complexity index is 977. The smallest absolute Gasteiger partial charge is 0.243 e. The van der Waals surface area contributed by atoms with Gasteiger partial charge in [-0.15, -0.1) is 0 Å². The number of carbonyl (C=O) groups is 1. The minimum absolute atomic E-state index is 0.204. The number of anilines is 1. The van der Waals surface area contributed by atoms with Crippen molar-refractivity contribution in [1.29, 1.82) is 0 Å². The van der Waals surface area contributed by atoms with Crippen LogP contribution in [0.1, 0.15) is 11.1 Å². The van der Waals surface area contributed by atoms with Gasteiger partial charge in [-0.2, -0.15) is 4.31 Å². The van der Waals surface area contributed by atoms with Crippen LogP contribution in [-0.2, 0) is 14.8 Å². The number of benzene rings is 2. The lowest BCUT2D eigenvalue weighted by atomic mass is 10.2. The van der Waals surface area contributed by atoms with Gasteiger partial charge in [0.2, 0.25) is 10.0 Å². The second kappa shape index (κ2) is 8.68. The van der Waals surface area contributed by atoms with Gasteiger partial charge in [0.25, 0.3) is 0 Å². The minimum Gasteiger partial charge on any atom is -0.388 e. The molecule has 1 aliphatic heterocycles. The molecule has 0 amide bonds. The molecule has 7 heteroatoms. The predicted molar refractivity (Wildman–Crippen MR) is 110 cm³/mol. The van der Waals surface area contributed by atoms with E-state index in [1.807, 2.05) is 25.1 Å². The van der Waals surface area contributed by atoms with Gasteiger partial charge in [-0.3, -0.25) is 4.79 Å². The van der Waals surface area contributed by atoms with Crippen LogP contribution in [0.3, 0.4) is 0 Å². The van der Waals surface area contributed by atoms with E-state index in [-0.39, 0.29) is 4.90 Å². The van der Waals surface area contributed by atoms with Gasteiger partial charge >= 0.3 is 0 Å². The molecule has 6 nitrogen and oxygen atoms in total. The van der Waals surface area contributed by atoms with Gasteiger partial charge in [0.1, 0.15) is 6.61 Å². The van der Waals surface area contributed by atoms with Crippen molar-refractivity contribution in [3.05, 3.63) is 65.7 Å². The third-order valence-electron chi connectivity index (χ3n) is 4.72. The summed E-state index contributed by atoms with van der Waals surface area (Å²) in [5.41, 5.74) is 2.89. The predicted octanol–water partition coefficient (Wildman–Crippen LogP) is 2.08. The number of sulfonamides is 1. The van der Waals surface area contributed by atoms with Gasteiger partial charge < -0.3 is 10.0 Å². The van der Waals surface area contributed by atoms with Gasteiger partial charge in [-0.1, -0.05) is 30.3 Å². The number of piperazine rings is 1. The van der Waals surface area contributed by atoms with Crippen LogP contribution in [0, 0.1) is 6.92 Å². The molecule has 1 heterocycles. The van der Waals surface area contributed by atoms with E-state index in [9.17, 15) is 13.2 Å². The fraction of sp³-hybridized carbons (Fsp3) is 0.286. The van der Waals surface area contributed by atoms with Gasteiger partial charge in [0, 0.05) is 31.9 Å². The van der Waals surface area contributed by atoms with Crippen molar-refractivity contribution >= 4 is 27.6 Å². The summed E-state index contributed by atoms with van der Waals surface area (Å²) >= 11 is 0. The number of hydrogen-bond donors (Lipinski definition) is 1. The van der Waals surface area contributed by atoms with Crippen LogP contribution in [0.15, 0.2) is 59.5 Å². The number of rotatable bonds is 6. The standard InChI is InChI=1S/C21H24N2O4S/c1-17-4-2-6-19(14-17)22-10-12-23(13-11-22)28(26,27)21-7-3-5-18(15-21)8-9-20(25)16-24/h2-9,14-15,24H,10-13,16H2,1H3/b9-8+. The van der Waals surface area contributed by atoms with E-state index in [0.717, 1.165) is 5.69 Å². The Morgan fingerprint density at radius 2 is 1.79 bits per heavy atom. The first-order valence-electron chi connectivity index (χ1n) is 9.14. The largest absolute Gasteiger partial charge is 0.388 e. The molecule has 0 saturated carbocycles. The maximum atomic E-state index is 13.0. The molecular formula is C21H24N2O4S. The Balaban J connectivity index is 1.72. The van der Waals surface area contributed by atoms with E-state index >= 15 is 0 Å². The Hall–Kier alpha value is -2.48. The minimum atomic E-state index is -3.60. The molecule has 0 atom stereocenters. The molecule has 148 valence electrons. The van der Waals surface area contributed by atoms with Crippen LogP contribution in [0.4, 0.5) is 5.69 Å². The highest BCUT2D eigenvalue weighted by Crippen LogP contribution is 2.22. The van der Waals surface area contributed by atoms with Crippen LogP contribution in [0.2, 0.25) is 0 Å². The fourth-order valence-electron chi connectivity index (χ4n) is 3.18. The van der Waals surface area contributed by atoms with Crippen LogP contribution in [0.5, 0.6) is 0 Å². The average Bonchev–Trinajstić information content (AvgIpc) is 2.72. The highest BCUT2D eigenvalue weighted by Gasteiger charge is 2.28. The topological polar surface area (TPSA) is 77.9 Å². The second-order valence-electron chi connectivity index (χ2n) is 6.76. The lowest BCUT2D eigenvalue weighted by molar-refractivity contribution is -0.117. The molecular weight excluding hydrogens is 376 g/mol. The summed E-state index contributed by atoms with van der Waals surface area (Å²) in [6.45, 7) is 3.57. The molecule has 2 aromatic carbocycles. The lowest BCUT2D eigenvalue weighted by Crippen LogP contribution is -2.48. The van der Waals surface area contributed by atoms with E-state index in [0.29, 0.717) is 31.7 Å². The van der Waals surface area contributed by atoms with E-state index in [2.05, 4.69) is 11.0 Å². The van der Waals surface area contributed by atoms with E-state index in [4.69, 9.17) is 5.11 Å². The fourth-order valence-corrected chi connectivity index (χ4v) is 4.66. The summed E-state index contributed by atoms with van der Waals surface area (Å²) in [6, 6.07) is 14.7. The lowest BCUT2D eigenvalue weighted by Gasteiger charge is -2.35. The van der Waals surface area contributed by atoms with Crippen molar-refractivity contribution in [1.82, 2.24) is 4.31 Å². The molecule has 28 heavy (non-hydrogen) atoms. The van der Waals surface area contributed by atoms with E-state index in [1.165, 1.54) is 22.0 Å². The summed E-state index contributed by atoms with van der Waals surface area (Å²) in [5.74, 6) is -0.430.